The minimum absolute atomic E-state index is 0.137. The van der Waals surface area contributed by atoms with Crippen molar-refractivity contribution in [2.45, 2.75) is 31.7 Å². The number of carbonyl (C=O) groups is 2. The Morgan fingerprint density at radius 3 is 2.40 bits per heavy atom. The Labute approximate surface area is 116 Å². The van der Waals surface area contributed by atoms with Crippen molar-refractivity contribution in [3.63, 3.8) is 0 Å². The molecule has 0 heterocycles. The zero-order valence-corrected chi connectivity index (χ0v) is 11.3. The molecule has 0 saturated carbocycles. The molecule has 1 aromatic rings. The Bertz CT molecular complexity index is 475. The van der Waals surface area contributed by atoms with Crippen LogP contribution in [0, 0.1) is 0 Å². The highest BCUT2D eigenvalue weighted by Crippen LogP contribution is 2.17. The van der Waals surface area contributed by atoms with E-state index in [1.54, 1.807) is 12.1 Å². The molecule has 20 heavy (non-hydrogen) atoms. The number of halogens is 1. The van der Waals surface area contributed by atoms with Gasteiger partial charge in [0.2, 0.25) is 0 Å². The predicted octanol–water partition coefficient (Wildman–Crippen LogP) is 1.69. The number of nitrogens with two attached hydrogens (primary N) is 1. The normalized spacial score (nSPS) is 13.6. The summed E-state index contributed by atoms with van der Waals surface area (Å²) in [6.07, 6.45) is 0.887. The van der Waals surface area contributed by atoms with Crippen molar-refractivity contribution in [3.8, 4) is 5.75 Å². The second-order valence-corrected chi connectivity index (χ2v) is 4.64. The SMILES string of the molecule is CCCC(=O)Oc1ccc(CC(N)(CF)C(=O)O)cc1. The summed E-state index contributed by atoms with van der Waals surface area (Å²) in [6, 6.07) is 6.19. The smallest absolute Gasteiger partial charge is 0.326 e. The van der Waals surface area contributed by atoms with Crippen LogP contribution in [0.5, 0.6) is 5.75 Å². The molecule has 0 fully saturated rings. The van der Waals surface area contributed by atoms with Crippen LogP contribution in [0.4, 0.5) is 4.39 Å². The molecule has 1 atom stereocenters. The number of benzene rings is 1. The first-order valence-corrected chi connectivity index (χ1v) is 6.29. The monoisotopic (exact) mass is 283 g/mol. The van der Waals surface area contributed by atoms with Crippen LogP contribution in [0.25, 0.3) is 0 Å². The van der Waals surface area contributed by atoms with E-state index in [0.717, 1.165) is 0 Å². The molecule has 0 aliphatic heterocycles. The molecule has 0 saturated heterocycles. The summed E-state index contributed by atoms with van der Waals surface area (Å²) in [4.78, 5) is 22.2. The van der Waals surface area contributed by atoms with E-state index in [-0.39, 0.29) is 12.4 Å². The molecular weight excluding hydrogens is 265 g/mol. The van der Waals surface area contributed by atoms with E-state index in [1.165, 1.54) is 12.1 Å². The first-order valence-electron chi connectivity index (χ1n) is 6.29. The summed E-state index contributed by atoms with van der Waals surface area (Å²) in [5.74, 6) is -1.36. The summed E-state index contributed by atoms with van der Waals surface area (Å²) in [6.45, 7) is 0.712. The maximum absolute atomic E-state index is 12.7. The van der Waals surface area contributed by atoms with Crippen LogP contribution in [0.3, 0.4) is 0 Å². The van der Waals surface area contributed by atoms with Crippen molar-refractivity contribution in [2.24, 2.45) is 5.73 Å². The second kappa shape index (κ2) is 7.00. The number of ether oxygens (including phenoxy) is 1. The molecule has 5 nitrogen and oxygen atoms in total. The summed E-state index contributed by atoms with van der Waals surface area (Å²) in [7, 11) is 0. The number of aliphatic carboxylic acids is 1. The lowest BCUT2D eigenvalue weighted by Crippen LogP contribution is -2.52. The quantitative estimate of drug-likeness (QED) is 0.587. The van der Waals surface area contributed by atoms with E-state index in [2.05, 4.69) is 0 Å². The lowest BCUT2D eigenvalue weighted by molar-refractivity contribution is -0.144. The highest BCUT2D eigenvalue weighted by molar-refractivity contribution is 5.79. The second-order valence-electron chi connectivity index (χ2n) is 4.64. The Hall–Kier alpha value is -1.95. The van der Waals surface area contributed by atoms with E-state index in [1.807, 2.05) is 6.92 Å². The topological polar surface area (TPSA) is 89.6 Å². The van der Waals surface area contributed by atoms with Gasteiger partial charge >= 0.3 is 11.9 Å². The molecule has 0 aromatic heterocycles. The van der Waals surface area contributed by atoms with Crippen LogP contribution < -0.4 is 10.5 Å². The van der Waals surface area contributed by atoms with Crippen molar-refractivity contribution >= 4 is 11.9 Å². The maximum atomic E-state index is 12.7. The van der Waals surface area contributed by atoms with Crippen molar-refractivity contribution in [3.05, 3.63) is 29.8 Å². The minimum atomic E-state index is -1.93. The summed E-state index contributed by atoms with van der Waals surface area (Å²) < 4.78 is 17.8. The van der Waals surface area contributed by atoms with E-state index >= 15 is 0 Å². The van der Waals surface area contributed by atoms with Crippen LogP contribution >= 0.6 is 0 Å². The van der Waals surface area contributed by atoms with Crippen molar-refractivity contribution in [1.82, 2.24) is 0 Å². The number of carboxylic acid groups (broad SMARTS) is 1. The molecular formula is C14H18FNO4. The van der Waals surface area contributed by atoms with E-state index in [9.17, 15) is 14.0 Å². The Morgan fingerprint density at radius 2 is 1.95 bits per heavy atom. The van der Waals surface area contributed by atoms with Crippen LogP contribution in [0.15, 0.2) is 24.3 Å². The molecule has 0 aliphatic carbocycles. The van der Waals surface area contributed by atoms with Gasteiger partial charge in [-0.2, -0.15) is 0 Å². The molecule has 6 heteroatoms. The summed E-state index contributed by atoms with van der Waals surface area (Å²) in [5, 5.41) is 8.89. The largest absolute Gasteiger partial charge is 0.480 e. The van der Waals surface area contributed by atoms with Gasteiger partial charge in [-0.15, -0.1) is 0 Å². The molecule has 0 amide bonds. The third-order valence-electron chi connectivity index (χ3n) is 2.79. The number of hydrogen-bond donors (Lipinski definition) is 2. The van der Waals surface area contributed by atoms with Crippen molar-refractivity contribution < 1.29 is 23.8 Å². The first-order chi connectivity index (χ1) is 9.41. The molecule has 1 rings (SSSR count). The number of hydrogen-bond acceptors (Lipinski definition) is 4. The number of carboxylic acids is 1. The predicted molar refractivity (Wildman–Crippen MR) is 71.2 cm³/mol. The summed E-state index contributed by atoms with van der Waals surface area (Å²) >= 11 is 0. The average molecular weight is 283 g/mol. The molecule has 3 N–H and O–H groups in total. The van der Waals surface area contributed by atoms with Crippen LogP contribution in [0.2, 0.25) is 0 Å². The van der Waals surface area contributed by atoms with Crippen molar-refractivity contribution in [1.29, 1.82) is 0 Å². The minimum Gasteiger partial charge on any atom is -0.480 e. The van der Waals surface area contributed by atoms with Gasteiger partial charge in [-0.25, -0.2) is 4.39 Å². The van der Waals surface area contributed by atoms with Gasteiger partial charge in [-0.1, -0.05) is 19.1 Å². The van der Waals surface area contributed by atoms with Gasteiger partial charge in [0.25, 0.3) is 0 Å². The fraction of sp³-hybridized carbons (Fsp3) is 0.429. The van der Waals surface area contributed by atoms with Gasteiger partial charge in [0.1, 0.15) is 18.0 Å². The zero-order valence-electron chi connectivity index (χ0n) is 11.3. The summed E-state index contributed by atoms with van der Waals surface area (Å²) in [5.41, 5.74) is 4.10. The third-order valence-corrected chi connectivity index (χ3v) is 2.79. The van der Waals surface area contributed by atoms with E-state index in [0.29, 0.717) is 24.2 Å². The first kappa shape index (κ1) is 16.1. The van der Waals surface area contributed by atoms with Gasteiger partial charge in [-0.05, 0) is 24.1 Å². The van der Waals surface area contributed by atoms with Crippen LogP contribution in [-0.4, -0.2) is 29.3 Å². The van der Waals surface area contributed by atoms with Crippen LogP contribution in [-0.2, 0) is 16.0 Å². The Kier molecular flexibility index (Phi) is 5.64. The Balaban J connectivity index is 2.72. The fourth-order valence-electron chi connectivity index (χ4n) is 1.61. The highest BCUT2D eigenvalue weighted by Gasteiger charge is 2.34. The number of esters is 1. The molecule has 0 aliphatic rings. The standard InChI is InChI=1S/C14H18FNO4/c1-2-3-12(17)20-11-6-4-10(5-7-11)8-14(16,9-15)13(18)19/h4-7H,2-3,8-9,16H2,1H3,(H,18,19). The van der Waals surface area contributed by atoms with E-state index < -0.39 is 18.2 Å². The third kappa shape index (κ3) is 4.31. The van der Waals surface area contributed by atoms with Gasteiger partial charge in [0.05, 0.1) is 0 Å². The van der Waals surface area contributed by atoms with Gasteiger partial charge in [-0.3, -0.25) is 9.59 Å². The lowest BCUT2D eigenvalue weighted by atomic mass is 9.93. The van der Waals surface area contributed by atoms with Gasteiger partial charge < -0.3 is 15.6 Å². The van der Waals surface area contributed by atoms with Crippen LogP contribution in [0.1, 0.15) is 25.3 Å². The maximum Gasteiger partial charge on any atom is 0.326 e. The molecule has 0 spiro atoms. The Morgan fingerprint density at radius 1 is 1.35 bits per heavy atom. The van der Waals surface area contributed by atoms with Gasteiger partial charge in [0, 0.05) is 12.8 Å². The van der Waals surface area contributed by atoms with Gasteiger partial charge in [0.15, 0.2) is 0 Å². The lowest BCUT2D eigenvalue weighted by Gasteiger charge is -2.20. The average Bonchev–Trinajstić information content (AvgIpc) is 2.41. The zero-order chi connectivity index (χ0) is 15.2. The molecule has 0 bridgehead atoms. The number of rotatable bonds is 7. The van der Waals surface area contributed by atoms with E-state index in [4.69, 9.17) is 15.6 Å². The van der Waals surface area contributed by atoms with Crippen molar-refractivity contribution in [2.75, 3.05) is 6.67 Å². The number of carbonyl (C=O) groups excluding carboxylic acids is 1. The number of alkyl halides is 1. The molecule has 110 valence electrons. The highest BCUT2D eigenvalue weighted by atomic mass is 19.1. The molecule has 0 radical (unpaired) electrons. The molecule has 1 unspecified atom stereocenters. The molecule has 1 aromatic carbocycles. The fourth-order valence-corrected chi connectivity index (χ4v) is 1.61.